The smallest absolute Gasteiger partial charge is 0.0195 e. The van der Waals surface area contributed by atoms with E-state index in [1.165, 1.54) is 29.2 Å². The highest BCUT2D eigenvalue weighted by Crippen LogP contribution is 2.56. The van der Waals surface area contributed by atoms with Gasteiger partial charge in [-0.15, -0.1) is 0 Å². The molecule has 1 aliphatic rings. The van der Waals surface area contributed by atoms with Gasteiger partial charge in [-0.1, -0.05) is 42.5 Å². The zero-order chi connectivity index (χ0) is 12.1. The van der Waals surface area contributed by atoms with Crippen LogP contribution in [0.15, 0.2) is 42.5 Å². The molecule has 2 aromatic carbocycles. The van der Waals surface area contributed by atoms with Crippen LogP contribution in [0.25, 0.3) is 10.8 Å². The standard InChI is InChI=1S/C16H19N/c1-15(2,17)16(10-11-16)14-9-5-7-12-6-3-4-8-13(12)14/h3-9H,10-11,17H2,1-2H3. The number of benzene rings is 2. The van der Waals surface area contributed by atoms with E-state index in [1.807, 2.05) is 0 Å². The van der Waals surface area contributed by atoms with E-state index in [1.54, 1.807) is 0 Å². The molecular weight excluding hydrogens is 206 g/mol. The Balaban J connectivity index is 2.25. The highest BCUT2D eigenvalue weighted by atomic mass is 14.8. The lowest BCUT2D eigenvalue weighted by atomic mass is 9.77. The molecule has 0 atom stereocenters. The number of hydrogen-bond acceptors (Lipinski definition) is 1. The monoisotopic (exact) mass is 225 g/mol. The Morgan fingerprint density at radius 3 is 2.29 bits per heavy atom. The molecule has 1 heteroatoms. The largest absolute Gasteiger partial charge is 0.325 e. The molecular formula is C16H19N. The molecule has 0 saturated heterocycles. The van der Waals surface area contributed by atoms with E-state index in [0.717, 1.165) is 0 Å². The average Bonchev–Trinajstić information content (AvgIpc) is 3.08. The van der Waals surface area contributed by atoms with Crippen LogP contribution in [0.3, 0.4) is 0 Å². The van der Waals surface area contributed by atoms with Crippen LogP contribution in [0.5, 0.6) is 0 Å². The van der Waals surface area contributed by atoms with E-state index in [-0.39, 0.29) is 11.0 Å². The Morgan fingerprint density at radius 2 is 1.65 bits per heavy atom. The van der Waals surface area contributed by atoms with Crippen LogP contribution in [0.2, 0.25) is 0 Å². The third-order valence-corrected chi connectivity index (χ3v) is 4.29. The van der Waals surface area contributed by atoms with Crippen molar-refractivity contribution in [3.05, 3.63) is 48.0 Å². The van der Waals surface area contributed by atoms with Gasteiger partial charge in [-0.25, -0.2) is 0 Å². The molecule has 1 saturated carbocycles. The number of hydrogen-bond donors (Lipinski definition) is 1. The molecule has 0 spiro atoms. The topological polar surface area (TPSA) is 26.0 Å². The summed E-state index contributed by atoms with van der Waals surface area (Å²) in [7, 11) is 0. The number of nitrogens with two attached hydrogens (primary N) is 1. The van der Waals surface area contributed by atoms with Gasteiger partial charge in [-0.2, -0.15) is 0 Å². The quantitative estimate of drug-likeness (QED) is 0.830. The molecule has 0 aliphatic heterocycles. The third-order valence-electron chi connectivity index (χ3n) is 4.29. The summed E-state index contributed by atoms with van der Waals surface area (Å²) in [4.78, 5) is 0. The summed E-state index contributed by atoms with van der Waals surface area (Å²) in [6.45, 7) is 4.31. The lowest BCUT2D eigenvalue weighted by molar-refractivity contribution is 0.394. The van der Waals surface area contributed by atoms with Crippen LogP contribution in [-0.4, -0.2) is 5.54 Å². The molecule has 17 heavy (non-hydrogen) atoms. The van der Waals surface area contributed by atoms with Crippen molar-refractivity contribution in [2.45, 2.75) is 37.6 Å². The van der Waals surface area contributed by atoms with Crippen molar-refractivity contribution in [1.82, 2.24) is 0 Å². The maximum Gasteiger partial charge on any atom is 0.0195 e. The first-order valence-electron chi connectivity index (χ1n) is 6.32. The van der Waals surface area contributed by atoms with Crippen molar-refractivity contribution < 1.29 is 0 Å². The van der Waals surface area contributed by atoms with Crippen molar-refractivity contribution >= 4 is 10.8 Å². The maximum atomic E-state index is 6.40. The van der Waals surface area contributed by atoms with Gasteiger partial charge in [-0.3, -0.25) is 0 Å². The van der Waals surface area contributed by atoms with Crippen LogP contribution >= 0.6 is 0 Å². The van der Waals surface area contributed by atoms with Crippen molar-refractivity contribution in [3.63, 3.8) is 0 Å². The molecule has 2 N–H and O–H groups in total. The first-order valence-corrected chi connectivity index (χ1v) is 6.32. The van der Waals surface area contributed by atoms with E-state index in [4.69, 9.17) is 5.73 Å². The average molecular weight is 225 g/mol. The molecule has 0 heterocycles. The van der Waals surface area contributed by atoms with Crippen molar-refractivity contribution in [2.75, 3.05) is 0 Å². The summed E-state index contributed by atoms with van der Waals surface area (Å²) in [5.41, 5.74) is 7.88. The minimum Gasteiger partial charge on any atom is -0.325 e. The molecule has 3 rings (SSSR count). The minimum absolute atomic E-state index is 0.142. The zero-order valence-electron chi connectivity index (χ0n) is 10.5. The summed E-state index contributed by atoms with van der Waals surface area (Å²) in [5.74, 6) is 0. The van der Waals surface area contributed by atoms with E-state index >= 15 is 0 Å². The minimum atomic E-state index is -0.142. The summed E-state index contributed by atoms with van der Waals surface area (Å²) in [6.07, 6.45) is 2.43. The van der Waals surface area contributed by atoms with Crippen molar-refractivity contribution in [1.29, 1.82) is 0 Å². The van der Waals surface area contributed by atoms with Crippen LogP contribution < -0.4 is 5.73 Å². The highest BCUT2D eigenvalue weighted by molar-refractivity contribution is 5.87. The highest BCUT2D eigenvalue weighted by Gasteiger charge is 2.54. The lowest BCUT2D eigenvalue weighted by Gasteiger charge is -2.32. The number of rotatable bonds is 2. The normalized spacial score (nSPS) is 18.3. The predicted molar refractivity (Wildman–Crippen MR) is 73.1 cm³/mol. The van der Waals surface area contributed by atoms with E-state index in [0.29, 0.717) is 0 Å². The Morgan fingerprint density at radius 1 is 1.00 bits per heavy atom. The molecule has 0 aromatic heterocycles. The first kappa shape index (κ1) is 10.8. The maximum absolute atomic E-state index is 6.40. The van der Waals surface area contributed by atoms with Gasteiger partial charge in [0.2, 0.25) is 0 Å². The Labute approximate surface area is 103 Å². The lowest BCUT2D eigenvalue weighted by Crippen LogP contribution is -2.45. The van der Waals surface area contributed by atoms with Gasteiger partial charge < -0.3 is 5.73 Å². The summed E-state index contributed by atoms with van der Waals surface area (Å²) in [5, 5.41) is 2.69. The zero-order valence-corrected chi connectivity index (χ0v) is 10.5. The fraction of sp³-hybridized carbons (Fsp3) is 0.375. The van der Waals surface area contributed by atoms with E-state index in [9.17, 15) is 0 Å². The van der Waals surface area contributed by atoms with Crippen LogP contribution in [0.4, 0.5) is 0 Å². The molecule has 0 radical (unpaired) electrons. The van der Waals surface area contributed by atoms with Gasteiger partial charge in [0.05, 0.1) is 0 Å². The molecule has 1 nitrogen and oxygen atoms in total. The van der Waals surface area contributed by atoms with Crippen molar-refractivity contribution in [3.8, 4) is 0 Å². The molecule has 0 unspecified atom stereocenters. The Bertz CT molecular complexity index is 554. The van der Waals surface area contributed by atoms with E-state index < -0.39 is 0 Å². The molecule has 0 amide bonds. The second-order valence-electron chi connectivity index (χ2n) is 5.83. The fourth-order valence-electron chi connectivity index (χ4n) is 3.03. The second-order valence-corrected chi connectivity index (χ2v) is 5.83. The van der Waals surface area contributed by atoms with Gasteiger partial charge in [-0.05, 0) is 43.0 Å². The van der Waals surface area contributed by atoms with E-state index in [2.05, 4.69) is 56.3 Å². The molecule has 2 aromatic rings. The SMILES string of the molecule is CC(C)(N)C1(c2cccc3ccccc23)CC1. The van der Waals surface area contributed by atoms with Gasteiger partial charge in [0, 0.05) is 11.0 Å². The summed E-state index contributed by atoms with van der Waals surface area (Å²) < 4.78 is 0. The molecule has 88 valence electrons. The second kappa shape index (κ2) is 3.33. The fourth-order valence-corrected chi connectivity index (χ4v) is 3.03. The molecule has 0 bridgehead atoms. The Kier molecular flexibility index (Phi) is 2.11. The van der Waals surface area contributed by atoms with Crippen molar-refractivity contribution in [2.24, 2.45) is 5.73 Å². The molecule has 1 fully saturated rings. The summed E-state index contributed by atoms with van der Waals surface area (Å²) in [6, 6.07) is 15.2. The predicted octanol–water partition coefficient (Wildman–Crippen LogP) is 3.61. The van der Waals surface area contributed by atoms with Gasteiger partial charge in [0.1, 0.15) is 0 Å². The van der Waals surface area contributed by atoms with Crippen LogP contribution in [-0.2, 0) is 5.41 Å². The first-order chi connectivity index (χ1) is 8.05. The molecule has 1 aliphatic carbocycles. The summed E-state index contributed by atoms with van der Waals surface area (Å²) >= 11 is 0. The Hall–Kier alpha value is -1.34. The van der Waals surface area contributed by atoms with Gasteiger partial charge in [0.25, 0.3) is 0 Å². The third kappa shape index (κ3) is 1.49. The van der Waals surface area contributed by atoms with Crippen LogP contribution in [0.1, 0.15) is 32.3 Å². The van der Waals surface area contributed by atoms with Crippen LogP contribution in [0, 0.1) is 0 Å². The van der Waals surface area contributed by atoms with Gasteiger partial charge in [0.15, 0.2) is 0 Å². The van der Waals surface area contributed by atoms with Gasteiger partial charge >= 0.3 is 0 Å². The number of fused-ring (bicyclic) bond motifs is 1.